The molecule has 1 aliphatic heterocycles. The van der Waals surface area contributed by atoms with Gasteiger partial charge in [-0.25, -0.2) is 0 Å². The summed E-state index contributed by atoms with van der Waals surface area (Å²) in [5, 5.41) is 9.47. The number of pyridine rings is 1. The van der Waals surface area contributed by atoms with Crippen LogP contribution in [-0.2, 0) is 4.79 Å². The highest BCUT2D eigenvalue weighted by molar-refractivity contribution is 5.75. The maximum absolute atomic E-state index is 11.5. The predicted octanol–water partition coefficient (Wildman–Crippen LogP) is 2.39. The molecule has 0 bridgehead atoms. The lowest BCUT2D eigenvalue weighted by atomic mass is 10.1. The molecule has 0 amide bonds. The van der Waals surface area contributed by atoms with Crippen molar-refractivity contribution in [2.24, 2.45) is 0 Å². The molecule has 4 heteroatoms. The SMILES string of the molecule is Cc1ccc(C(C(=O)O)N2CCCCCC2)cn1. The molecule has 1 saturated heterocycles. The smallest absolute Gasteiger partial charge is 0.325 e. The second-order valence-corrected chi connectivity index (χ2v) is 4.92. The fourth-order valence-corrected chi connectivity index (χ4v) is 2.50. The zero-order valence-electron chi connectivity index (χ0n) is 10.8. The summed E-state index contributed by atoms with van der Waals surface area (Å²) in [6.45, 7) is 3.64. The molecule has 0 aliphatic carbocycles. The van der Waals surface area contributed by atoms with Crippen molar-refractivity contribution in [1.82, 2.24) is 9.88 Å². The number of carboxylic acid groups (broad SMARTS) is 1. The number of aliphatic carboxylic acids is 1. The number of aryl methyl sites for hydroxylation is 1. The van der Waals surface area contributed by atoms with Gasteiger partial charge < -0.3 is 5.11 Å². The van der Waals surface area contributed by atoms with Crippen molar-refractivity contribution in [2.45, 2.75) is 38.6 Å². The fraction of sp³-hybridized carbons (Fsp3) is 0.571. The number of aromatic nitrogens is 1. The van der Waals surface area contributed by atoms with Crippen LogP contribution in [0, 0.1) is 6.92 Å². The number of hydrogen-bond acceptors (Lipinski definition) is 3. The van der Waals surface area contributed by atoms with Gasteiger partial charge in [-0.1, -0.05) is 18.9 Å². The Morgan fingerprint density at radius 2 is 1.94 bits per heavy atom. The molecule has 0 radical (unpaired) electrons. The molecule has 4 nitrogen and oxygen atoms in total. The average molecular weight is 248 g/mol. The van der Waals surface area contributed by atoms with Crippen molar-refractivity contribution < 1.29 is 9.90 Å². The van der Waals surface area contributed by atoms with E-state index in [9.17, 15) is 9.90 Å². The lowest BCUT2D eigenvalue weighted by Gasteiger charge is -2.27. The second-order valence-electron chi connectivity index (χ2n) is 4.92. The first-order valence-electron chi connectivity index (χ1n) is 6.58. The fourth-order valence-electron chi connectivity index (χ4n) is 2.50. The van der Waals surface area contributed by atoms with Crippen molar-refractivity contribution in [3.05, 3.63) is 29.6 Å². The Labute approximate surface area is 108 Å². The molecule has 18 heavy (non-hydrogen) atoms. The van der Waals surface area contributed by atoms with Gasteiger partial charge in [0.15, 0.2) is 0 Å². The Balaban J connectivity index is 2.21. The summed E-state index contributed by atoms with van der Waals surface area (Å²) in [6.07, 6.45) is 6.27. The molecule has 0 spiro atoms. The van der Waals surface area contributed by atoms with Crippen molar-refractivity contribution in [2.75, 3.05) is 13.1 Å². The quantitative estimate of drug-likeness (QED) is 0.892. The Bertz CT molecular complexity index is 395. The summed E-state index contributed by atoms with van der Waals surface area (Å²) in [5.74, 6) is -0.775. The summed E-state index contributed by atoms with van der Waals surface area (Å²) >= 11 is 0. The highest BCUT2D eigenvalue weighted by atomic mass is 16.4. The Kier molecular flexibility index (Phi) is 4.31. The van der Waals surface area contributed by atoms with Gasteiger partial charge in [-0.15, -0.1) is 0 Å². The summed E-state index contributed by atoms with van der Waals surface area (Å²) in [4.78, 5) is 17.8. The monoisotopic (exact) mass is 248 g/mol. The molecule has 1 aromatic rings. The summed E-state index contributed by atoms with van der Waals surface area (Å²) in [7, 11) is 0. The Morgan fingerprint density at radius 1 is 1.28 bits per heavy atom. The number of nitrogens with zero attached hydrogens (tertiary/aromatic N) is 2. The van der Waals surface area contributed by atoms with Gasteiger partial charge in [0, 0.05) is 11.9 Å². The first kappa shape index (κ1) is 13.0. The highest BCUT2D eigenvalue weighted by Crippen LogP contribution is 2.24. The molecule has 2 rings (SSSR count). The van der Waals surface area contributed by atoms with Crippen LogP contribution in [0.5, 0.6) is 0 Å². The summed E-state index contributed by atoms with van der Waals surface area (Å²) in [5.41, 5.74) is 1.70. The van der Waals surface area contributed by atoms with Gasteiger partial charge in [-0.05, 0) is 44.5 Å². The van der Waals surface area contributed by atoms with E-state index in [0.717, 1.165) is 37.2 Å². The molecular formula is C14H20N2O2. The van der Waals surface area contributed by atoms with Gasteiger partial charge in [0.2, 0.25) is 0 Å². The third-order valence-electron chi connectivity index (χ3n) is 3.49. The van der Waals surface area contributed by atoms with E-state index >= 15 is 0 Å². The lowest BCUT2D eigenvalue weighted by molar-refractivity contribution is -0.143. The topological polar surface area (TPSA) is 53.4 Å². The van der Waals surface area contributed by atoms with Gasteiger partial charge in [-0.2, -0.15) is 0 Å². The van der Waals surface area contributed by atoms with Gasteiger partial charge in [0.05, 0.1) is 0 Å². The molecular weight excluding hydrogens is 228 g/mol. The molecule has 1 N–H and O–H groups in total. The largest absolute Gasteiger partial charge is 0.480 e. The number of carboxylic acids is 1. The van der Waals surface area contributed by atoms with Crippen molar-refractivity contribution in [1.29, 1.82) is 0 Å². The first-order valence-corrected chi connectivity index (χ1v) is 6.58. The third-order valence-corrected chi connectivity index (χ3v) is 3.49. The molecule has 1 aliphatic rings. The normalized spacial score (nSPS) is 19.2. The van der Waals surface area contributed by atoms with Gasteiger partial charge in [0.1, 0.15) is 6.04 Å². The van der Waals surface area contributed by atoms with E-state index in [1.807, 2.05) is 19.1 Å². The van der Waals surface area contributed by atoms with Crippen molar-refractivity contribution in [3.8, 4) is 0 Å². The van der Waals surface area contributed by atoms with E-state index in [1.54, 1.807) is 6.20 Å². The Morgan fingerprint density at radius 3 is 2.44 bits per heavy atom. The van der Waals surface area contributed by atoms with Crippen LogP contribution in [0.3, 0.4) is 0 Å². The Hall–Kier alpha value is -1.42. The predicted molar refractivity (Wildman–Crippen MR) is 69.4 cm³/mol. The minimum absolute atomic E-state index is 0.545. The van der Waals surface area contributed by atoms with E-state index in [4.69, 9.17) is 0 Å². The molecule has 1 fully saturated rings. The lowest BCUT2D eigenvalue weighted by Crippen LogP contribution is -2.35. The van der Waals surface area contributed by atoms with Crippen LogP contribution in [0.25, 0.3) is 0 Å². The molecule has 1 aromatic heterocycles. The highest BCUT2D eigenvalue weighted by Gasteiger charge is 2.27. The molecule has 98 valence electrons. The van der Waals surface area contributed by atoms with E-state index in [1.165, 1.54) is 12.8 Å². The van der Waals surface area contributed by atoms with E-state index < -0.39 is 12.0 Å². The maximum atomic E-state index is 11.5. The van der Waals surface area contributed by atoms with Gasteiger partial charge in [-0.3, -0.25) is 14.7 Å². The maximum Gasteiger partial charge on any atom is 0.325 e. The van der Waals surface area contributed by atoms with Crippen LogP contribution in [-0.4, -0.2) is 34.0 Å². The second kappa shape index (κ2) is 5.96. The standard InChI is InChI=1S/C14H20N2O2/c1-11-6-7-12(10-15-11)13(14(17)18)16-8-4-2-3-5-9-16/h6-7,10,13H,2-5,8-9H2,1H3,(H,17,18). The number of rotatable bonds is 3. The van der Waals surface area contributed by atoms with Crippen LogP contribution in [0.4, 0.5) is 0 Å². The molecule has 1 atom stereocenters. The van der Waals surface area contributed by atoms with Crippen molar-refractivity contribution >= 4 is 5.97 Å². The van der Waals surface area contributed by atoms with Crippen molar-refractivity contribution in [3.63, 3.8) is 0 Å². The zero-order valence-corrected chi connectivity index (χ0v) is 10.8. The molecule has 2 heterocycles. The van der Waals surface area contributed by atoms with E-state index in [-0.39, 0.29) is 0 Å². The van der Waals surface area contributed by atoms with Crippen LogP contribution < -0.4 is 0 Å². The first-order chi connectivity index (χ1) is 8.68. The molecule has 0 saturated carbocycles. The number of likely N-dealkylation sites (tertiary alicyclic amines) is 1. The van der Waals surface area contributed by atoms with Crippen LogP contribution >= 0.6 is 0 Å². The minimum Gasteiger partial charge on any atom is -0.480 e. The summed E-state index contributed by atoms with van der Waals surface area (Å²) < 4.78 is 0. The van der Waals surface area contributed by atoms with Gasteiger partial charge in [0.25, 0.3) is 0 Å². The zero-order chi connectivity index (χ0) is 13.0. The number of carbonyl (C=O) groups is 1. The third kappa shape index (κ3) is 3.07. The minimum atomic E-state index is -0.775. The van der Waals surface area contributed by atoms with Crippen LogP contribution in [0.2, 0.25) is 0 Å². The van der Waals surface area contributed by atoms with E-state index in [2.05, 4.69) is 9.88 Å². The average Bonchev–Trinajstić information content (AvgIpc) is 2.60. The van der Waals surface area contributed by atoms with Crippen LogP contribution in [0.1, 0.15) is 43.0 Å². The van der Waals surface area contributed by atoms with Gasteiger partial charge >= 0.3 is 5.97 Å². The molecule has 1 unspecified atom stereocenters. The van der Waals surface area contributed by atoms with Crippen LogP contribution in [0.15, 0.2) is 18.3 Å². The molecule has 0 aromatic carbocycles. The number of hydrogen-bond donors (Lipinski definition) is 1. The van der Waals surface area contributed by atoms with E-state index in [0.29, 0.717) is 0 Å². The summed E-state index contributed by atoms with van der Waals surface area (Å²) in [6, 6.07) is 3.21.